The van der Waals surface area contributed by atoms with Crippen LogP contribution in [0.15, 0.2) is 22.9 Å². The lowest BCUT2D eigenvalue weighted by Crippen LogP contribution is -2.50. The highest BCUT2D eigenvalue weighted by molar-refractivity contribution is 5.76. The average molecular weight is 315 g/mol. The van der Waals surface area contributed by atoms with Crippen LogP contribution < -0.4 is 5.73 Å². The standard InChI is InChI=1S/C20H29NO2/c1-19-7-5-14(23)10-13(19)3-4-15-16(19)6-8-20(2)17(15)9-12(11-22)18(20)21/h3,11,14-17,23H,4-10,21H2,1-2H3/t14-,15+,16-,17-,19-,20-/m0/s1. The highest BCUT2D eigenvalue weighted by atomic mass is 16.3. The van der Waals surface area contributed by atoms with Crippen molar-refractivity contribution < 1.29 is 9.90 Å². The number of rotatable bonds is 1. The molecule has 6 atom stereocenters. The zero-order valence-electron chi connectivity index (χ0n) is 14.3. The molecular weight excluding hydrogens is 286 g/mol. The predicted molar refractivity (Wildman–Crippen MR) is 90.4 cm³/mol. The van der Waals surface area contributed by atoms with Crippen molar-refractivity contribution in [2.75, 3.05) is 0 Å². The van der Waals surface area contributed by atoms with Crippen molar-refractivity contribution in [3.8, 4) is 0 Å². The molecule has 126 valence electrons. The van der Waals surface area contributed by atoms with E-state index < -0.39 is 0 Å². The average Bonchev–Trinajstić information content (AvgIpc) is 2.79. The Kier molecular flexibility index (Phi) is 3.32. The largest absolute Gasteiger partial charge is 0.401 e. The minimum atomic E-state index is -0.148. The van der Waals surface area contributed by atoms with E-state index in [1.165, 1.54) is 12.0 Å². The van der Waals surface area contributed by atoms with Crippen LogP contribution >= 0.6 is 0 Å². The minimum Gasteiger partial charge on any atom is -0.401 e. The number of carbonyl (C=O) groups is 1. The van der Waals surface area contributed by atoms with Crippen LogP contribution in [0.1, 0.15) is 58.8 Å². The lowest BCUT2D eigenvalue weighted by Gasteiger charge is -2.57. The summed E-state index contributed by atoms with van der Waals surface area (Å²) < 4.78 is 0. The molecule has 0 saturated heterocycles. The Morgan fingerprint density at radius 1 is 1.17 bits per heavy atom. The monoisotopic (exact) mass is 315 g/mol. The molecule has 0 bridgehead atoms. The number of aldehydes is 1. The van der Waals surface area contributed by atoms with Crippen molar-refractivity contribution in [1.82, 2.24) is 0 Å². The Hall–Kier alpha value is -1.09. The van der Waals surface area contributed by atoms with E-state index in [-0.39, 0.29) is 16.9 Å². The van der Waals surface area contributed by atoms with E-state index in [9.17, 15) is 9.90 Å². The summed E-state index contributed by atoms with van der Waals surface area (Å²) in [6.45, 7) is 4.71. The van der Waals surface area contributed by atoms with Crippen molar-refractivity contribution in [3.63, 3.8) is 0 Å². The maximum atomic E-state index is 11.4. The zero-order chi connectivity index (χ0) is 16.4. The Labute approximate surface area is 139 Å². The molecule has 3 N–H and O–H groups in total. The van der Waals surface area contributed by atoms with Gasteiger partial charge >= 0.3 is 0 Å². The van der Waals surface area contributed by atoms with Gasteiger partial charge in [0, 0.05) is 16.7 Å². The third-order valence-electron chi connectivity index (χ3n) is 8.01. The van der Waals surface area contributed by atoms with Crippen LogP contribution in [0.5, 0.6) is 0 Å². The van der Waals surface area contributed by atoms with Crippen molar-refractivity contribution >= 4 is 6.29 Å². The van der Waals surface area contributed by atoms with Crippen molar-refractivity contribution in [1.29, 1.82) is 0 Å². The fourth-order valence-corrected chi connectivity index (χ4v) is 6.50. The number of aliphatic hydroxyl groups is 1. The number of aliphatic hydroxyl groups excluding tert-OH is 1. The molecule has 0 radical (unpaired) electrons. The Morgan fingerprint density at radius 3 is 2.65 bits per heavy atom. The summed E-state index contributed by atoms with van der Waals surface area (Å²) in [5.74, 6) is 1.84. The van der Waals surface area contributed by atoms with Gasteiger partial charge in [-0.1, -0.05) is 25.5 Å². The molecule has 3 nitrogen and oxygen atoms in total. The third kappa shape index (κ3) is 1.95. The molecule has 2 saturated carbocycles. The van der Waals surface area contributed by atoms with Gasteiger partial charge in [-0.3, -0.25) is 4.79 Å². The lowest BCUT2D eigenvalue weighted by atomic mass is 9.48. The molecule has 0 spiro atoms. The summed E-state index contributed by atoms with van der Waals surface area (Å²) in [5.41, 5.74) is 9.88. The first-order valence-electron chi connectivity index (χ1n) is 9.22. The highest BCUT2D eigenvalue weighted by Crippen LogP contribution is 2.65. The van der Waals surface area contributed by atoms with Crippen LogP contribution in [-0.4, -0.2) is 17.5 Å². The van der Waals surface area contributed by atoms with E-state index in [2.05, 4.69) is 19.9 Å². The van der Waals surface area contributed by atoms with E-state index in [1.807, 2.05) is 0 Å². The fourth-order valence-electron chi connectivity index (χ4n) is 6.50. The van der Waals surface area contributed by atoms with Crippen LogP contribution in [0, 0.1) is 28.6 Å². The zero-order valence-corrected chi connectivity index (χ0v) is 14.3. The molecule has 23 heavy (non-hydrogen) atoms. The maximum absolute atomic E-state index is 11.4. The first kappa shape index (κ1) is 15.4. The second-order valence-corrected chi connectivity index (χ2v) is 8.87. The molecule has 0 heterocycles. The van der Waals surface area contributed by atoms with Gasteiger partial charge in [0.15, 0.2) is 0 Å². The number of nitrogens with two attached hydrogens (primary N) is 1. The van der Waals surface area contributed by atoms with E-state index in [0.29, 0.717) is 17.8 Å². The number of hydrogen-bond acceptors (Lipinski definition) is 3. The van der Waals surface area contributed by atoms with Crippen molar-refractivity contribution in [2.24, 2.45) is 34.3 Å². The smallest absolute Gasteiger partial charge is 0.147 e. The topological polar surface area (TPSA) is 63.3 Å². The molecule has 4 aliphatic carbocycles. The molecule has 0 amide bonds. The van der Waals surface area contributed by atoms with E-state index in [4.69, 9.17) is 5.73 Å². The Bertz CT molecular complexity index is 607. The molecule has 0 aromatic heterocycles. The quantitative estimate of drug-likeness (QED) is 0.576. The van der Waals surface area contributed by atoms with Crippen molar-refractivity contribution in [3.05, 3.63) is 22.9 Å². The van der Waals surface area contributed by atoms with Gasteiger partial charge in [-0.2, -0.15) is 0 Å². The van der Waals surface area contributed by atoms with Gasteiger partial charge in [-0.25, -0.2) is 0 Å². The van der Waals surface area contributed by atoms with Crippen LogP contribution in [0.4, 0.5) is 0 Å². The second kappa shape index (κ2) is 4.95. The van der Waals surface area contributed by atoms with E-state index >= 15 is 0 Å². The molecule has 2 fully saturated rings. The van der Waals surface area contributed by atoms with E-state index in [0.717, 1.165) is 56.1 Å². The van der Waals surface area contributed by atoms with Gasteiger partial charge < -0.3 is 10.8 Å². The van der Waals surface area contributed by atoms with Gasteiger partial charge in [0.05, 0.1) is 6.10 Å². The van der Waals surface area contributed by atoms with Gasteiger partial charge in [-0.15, -0.1) is 0 Å². The SMILES string of the molecule is C[C@]12CC[C@H](O)CC1=CC[C@@H]1[C@@H]2CC[C@]2(C)C(N)=C(C=O)C[C@@H]12. The number of carbonyl (C=O) groups excluding carboxylic acids is 1. The van der Waals surface area contributed by atoms with Crippen molar-refractivity contribution in [2.45, 2.75) is 64.9 Å². The maximum Gasteiger partial charge on any atom is 0.147 e. The summed E-state index contributed by atoms with van der Waals surface area (Å²) in [6.07, 6.45) is 10.4. The van der Waals surface area contributed by atoms with Gasteiger partial charge in [0.1, 0.15) is 6.29 Å². The summed E-state index contributed by atoms with van der Waals surface area (Å²) in [5, 5.41) is 10.0. The fraction of sp³-hybridized carbons (Fsp3) is 0.750. The van der Waals surface area contributed by atoms with Crippen LogP contribution in [-0.2, 0) is 4.79 Å². The minimum absolute atomic E-state index is 0.0211. The molecular formula is C20H29NO2. The predicted octanol–water partition coefficient (Wildman–Crippen LogP) is 3.33. The molecule has 3 heteroatoms. The molecule has 4 aliphatic rings. The summed E-state index contributed by atoms with van der Waals surface area (Å²) >= 11 is 0. The first-order chi connectivity index (χ1) is 10.9. The Balaban J connectivity index is 1.69. The lowest BCUT2D eigenvalue weighted by molar-refractivity contribution is -0.105. The highest BCUT2D eigenvalue weighted by Gasteiger charge is 2.57. The Morgan fingerprint density at radius 2 is 1.91 bits per heavy atom. The summed E-state index contributed by atoms with van der Waals surface area (Å²) in [7, 11) is 0. The molecule has 0 aromatic carbocycles. The molecule has 0 aromatic rings. The first-order valence-corrected chi connectivity index (χ1v) is 9.22. The summed E-state index contributed by atoms with van der Waals surface area (Å²) in [4.78, 5) is 11.4. The van der Waals surface area contributed by atoms with Gasteiger partial charge in [-0.05, 0) is 68.1 Å². The third-order valence-corrected chi connectivity index (χ3v) is 8.01. The number of hydrogen-bond donors (Lipinski definition) is 2. The van der Waals surface area contributed by atoms with Crippen LogP contribution in [0.2, 0.25) is 0 Å². The van der Waals surface area contributed by atoms with Crippen LogP contribution in [0.25, 0.3) is 0 Å². The normalized spacial score (nSPS) is 49.1. The molecule has 4 rings (SSSR count). The second-order valence-electron chi connectivity index (χ2n) is 8.87. The summed E-state index contributed by atoms with van der Waals surface area (Å²) in [6, 6.07) is 0. The number of fused-ring (bicyclic) bond motifs is 5. The molecule has 0 unspecified atom stereocenters. The molecule has 0 aliphatic heterocycles. The number of allylic oxidation sites excluding steroid dienone is 3. The van der Waals surface area contributed by atoms with Gasteiger partial charge in [0.25, 0.3) is 0 Å². The van der Waals surface area contributed by atoms with E-state index in [1.54, 1.807) is 0 Å². The van der Waals surface area contributed by atoms with Gasteiger partial charge in [0.2, 0.25) is 0 Å². The van der Waals surface area contributed by atoms with Crippen LogP contribution in [0.3, 0.4) is 0 Å².